The lowest BCUT2D eigenvalue weighted by Crippen LogP contribution is -2.43. The number of likely N-dealkylation sites (tertiary alicyclic amines) is 1. The SMILES string of the molecule is O=C1CC2(CC2)CC(=O)N1Cc1cc2nccc(-c3cc(Cl)cc4ccn(CC5(F)CCNCC5)c34)c2s1. The first-order valence-corrected chi connectivity index (χ1v) is 14.4. The van der Waals surface area contributed by atoms with Gasteiger partial charge in [-0.2, -0.15) is 0 Å². The molecule has 9 heteroatoms. The van der Waals surface area contributed by atoms with Crippen LogP contribution in [0.1, 0.15) is 43.4 Å². The van der Waals surface area contributed by atoms with E-state index in [-0.39, 0.29) is 30.3 Å². The fraction of sp³-hybridized carbons (Fsp3) is 0.414. The van der Waals surface area contributed by atoms with Gasteiger partial charge in [0.15, 0.2) is 0 Å². The summed E-state index contributed by atoms with van der Waals surface area (Å²) in [6.45, 7) is 1.92. The number of rotatable bonds is 5. The highest BCUT2D eigenvalue weighted by molar-refractivity contribution is 7.19. The molecule has 1 N–H and O–H groups in total. The van der Waals surface area contributed by atoms with Crippen molar-refractivity contribution in [3.05, 3.63) is 52.6 Å². The first-order chi connectivity index (χ1) is 18.3. The minimum absolute atomic E-state index is 0.0568. The van der Waals surface area contributed by atoms with Gasteiger partial charge in [-0.25, -0.2) is 4.39 Å². The Balaban J connectivity index is 1.27. The second-order valence-corrected chi connectivity index (χ2v) is 12.8. The maximum Gasteiger partial charge on any atom is 0.230 e. The number of imide groups is 1. The lowest BCUT2D eigenvalue weighted by Gasteiger charge is -2.31. The summed E-state index contributed by atoms with van der Waals surface area (Å²) in [5.41, 5.74) is 2.33. The number of amides is 2. The number of pyridine rings is 1. The van der Waals surface area contributed by atoms with Crippen LogP contribution in [0.5, 0.6) is 0 Å². The molecule has 6 nitrogen and oxygen atoms in total. The molecule has 1 saturated carbocycles. The number of aromatic nitrogens is 2. The van der Waals surface area contributed by atoms with Gasteiger partial charge in [0.05, 0.1) is 28.8 Å². The number of thiophene rings is 1. The van der Waals surface area contributed by atoms with E-state index >= 15 is 4.39 Å². The number of benzene rings is 1. The van der Waals surface area contributed by atoms with Gasteiger partial charge in [-0.1, -0.05) is 11.6 Å². The molecule has 1 spiro atoms. The Bertz CT molecular complexity index is 1580. The van der Waals surface area contributed by atoms with Crippen LogP contribution in [0.2, 0.25) is 5.02 Å². The number of carbonyl (C=O) groups excluding carboxylic acids is 2. The van der Waals surface area contributed by atoms with Crippen LogP contribution in [0.15, 0.2) is 42.7 Å². The van der Waals surface area contributed by atoms with Crippen molar-refractivity contribution in [1.29, 1.82) is 0 Å². The molecule has 0 bridgehead atoms. The Morgan fingerprint density at radius 2 is 1.79 bits per heavy atom. The van der Waals surface area contributed by atoms with Crippen molar-refractivity contribution in [3.63, 3.8) is 0 Å². The molecule has 0 unspecified atom stereocenters. The van der Waals surface area contributed by atoms with Gasteiger partial charge in [-0.15, -0.1) is 11.3 Å². The third kappa shape index (κ3) is 4.23. The van der Waals surface area contributed by atoms with Crippen LogP contribution in [0.3, 0.4) is 0 Å². The fourth-order valence-electron chi connectivity index (χ4n) is 6.16. The van der Waals surface area contributed by atoms with Gasteiger partial charge in [0, 0.05) is 51.6 Å². The molecule has 196 valence electrons. The van der Waals surface area contributed by atoms with Crippen molar-refractivity contribution >= 4 is 55.9 Å². The molecule has 1 aromatic carbocycles. The van der Waals surface area contributed by atoms with Gasteiger partial charge in [-0.3, -0.25) is 19.5 Å². The van der Waals surface area contributed by atoms with Crippen LogP contribution >= 0.6 is 22.9 Å². The average Bonchev–Trinajstić information content (AvgIpc) is 3.29. The molecule has 1 aliphatic carbocycles. The second-order valence-electron chi connectivity index (χ2n) is 11.2. The molecular weight excluding hydrogens is 523 g/mol. The molecule has 3 fully saturated rings. The number of hydrogen-bond donors (Lipinski definition) is 1. The van der Waals surface area contributed by atoms with Crippen molar-refractivity contribution in [2.75, 3.05) is 13.1 Å². The van der Waals surface area contributed by atoms with Crippen LogP contribution in [-0.2, 0) is 22.7 Å². The summed E-state index contributed by atoms with van der Waals surface area (Å²) in [6.07, 6.45) is 7.58. The van der Waals surface area contributed by atoms with Gasteiger partial charge in [0.1, 0.15) is 5.67 Å². The zero-order valence-corrected chi connectivity index (χ0v) is 22.5. The monoisotopic (exact) mass is 550 g/mol. The maximum atomic E-state index is 15.7. The van der Waals surface area contributed by atoms with Crippen molar-refractivity contribution in [3.8, 4) is 11.1 Å². The highest BCUT2D eigenvalue weighted by Crippen LogP contribution is 2.54. The van der Waals surface area contributed by atoms with E-state index in [0.29, 0.717) is 43.8 Å². The molecule has 2 amide bonds. The van der Waals surface area contributed by atoms with E-state index in [9.17, 15) is 9.59 Å². The zero-order chi connectivity index (χ0) is 26.1. The molecule has 2 aliphatic heterocycles. The summed E-state index contributed by atoms with van der Waals surface area (Å²) >= 11 is 8.11. The summed E-state index contributed by atoms with van der Waals surface area (Å²) in [4.78, 5) is 32.5. The molecule has 3 aromatic heterocycles. The summed E-state index contributed by atoms with van der Waals surface area (Å²) in [7, 11) is 0. The number of nitrogens with zero attached hydrogens (tertiary/aromatic N) is 3. The summed E-state index contributed by atoms with van der Waals surface area (Å²) in [6, 6.07) is 9.79. The van der Waals surface area contributed by atoms with Gasteiger partial charge in [-0.05, 0) is 74.5 Å². The van der Waals surface area contributed by atoms with Crippen LogP contribution in [0.25, 0.3) is 32.2 Å². The highest BCUT2D eigenvalue weighted by atomic mass is 35.5. The Kier molecular flexibility index (Phi) is 5.65. The van der Waals surface area contributed by atoms with Gasteiger partial charge >= 0.3 is 0 Å². The van der Waals surface area contributed by atoms with Crippen LogP contribution < -0.4 is 5.32 Å². The minimum atomic E-state index is -1.26. The average molecular weight is 551 g/mol. The predicted octanol–water partition coefficient (Wildman–Crippen LogP) is 6.09. The standard InChI is InChI=1S/C29H28ClFN4O2S/c30-19-11-18-2-10-34(17-29(31)5-8-32-9-6-29)26(18)22(12-19)21-1-7-33-23-13-20(38-27(21)23)16-35-24(36)14-28(3-4-28)15-25(35)37/h1-2,7,10-13,32H,3-6,8-9,14-17H2. The number of carbonyl (C=O) groups is 2. The van der Waals surface area contributed by atoms with E-state index in [1.165, 1.54) is 4.90 Å². The highest BCUT2D eigenvalue weighted by Gasteiger charge is 2.51. The molecular formula is C29H28ClFN4O2S. The van der Waals surface area contributed by atoms with Crippen LogP contribution in [0, 0.1) is 5.41 Å². The Morgan fingerprint density at radius 3 is 2.53 bits per heavy atom. The normalized spacial score (nSPS) is 20.6. The zero-order valence-electron chi connectivity index (χ0n) is 20.9. The van der Waals surface area contributed by atoms with E-state index in [1.54, 1.807) is 17.5 Å². The number of nitrogens with one attached hydrogen (secondary N) is 1. The van der Waals surface area contributed by atoms with E-state index < -0.39 is 5.67 Å². The van der Waals surface area contributed by atoms with Crippen molar-refractivity contribution in [2.24, 2.45) is 5.41 Å². The molecule has 0 atom stereocenters. The second kappa shape index (κ2) is 8.86. The van der Waals surface area contributed by atoms with E-state index in [1.807, 2.05) is 41.1 Å². The Labute approximate surface area is 228 Å². The van der Waals surface area contributed by atoms with Crippen molar-refractivity contribution in [1.82, 2.24) is 19.8 Å². The Hall–Kier alpha value is -2.81. The molecule has 5 heterocycles. The molecule has 4 aromatic rings. The summed E-state index contributed by atoms with van der Waals surface area (Å²) < 4.78 is 18.7. The van der Waals surface area contributed by atoms with Gasteiger partial charge < -0.3 is 9.88 Å². The van der Waals surface area contributed by atoms with E-state index in [4.69, 9.17) is 11.6 Å². The Morgan fingerprint density at radius 1 is 1.03 bits per heavy atom. The first-order valence-electron chi connectivity index (χ1n) is 13.2. The summed E-state index contributed by atoms with van der Waals surface area (Å²) in [5.74, 6) is -0.145. The quantitative estimate of drug-likeness (QED) is 0.305. The number of halogens is 2. The molecule has 3 aliphatic rings. The third-order valence-electron chi connectivity index (χ3n) is 8.46. The molecule has 38 heavy (non-hydrogen) atoms. The first kappa shape index (κ1) is 24.2. The molecule has 0 radical (unpaired) electrons. The van der Waals surface area contributed by atoms with Crippen molar-refractivity contribution < 1.29 is 14.0 Å². The van der Waals surface area contributed by atoms with E-state index in [0.717, 1.165) is 50.0 Å². The smallest absolute Gasteiger partial charge is 0.230 e. The minimum Gasteiger partial charge on any atom is -0.344 e. The number of alkyl halides is 1. The van der Waals surface area contributed by atoms with Gasteiger partial charge in [0.2, 0.25) is 11.8 Å². The van der Waals surface area contributed by atoms with E-state index in [2.05, 4.69) is 10.3 Å². The fourth-order valence-corrected chi connectivity index (χ4v) is 7.52. The largest absolute Gasteiger partial charge is 0.344 e. The lowest BCUT2D eigenvalue weighted by molar-refractivity contribution is -0.151. The topological polar surface area (TPSA) is 67.2 Å². The number of hydrogen-bond acceptors (Lipinski definition) is 5. The predicted molar refractivity (Wildman–Crippen MR) is 148 cm³/mol. The van der Waals surface area contributed by atoms with Crippen LogP contribution in [0.4, 0.5) is 4.39 Å². The summed E-state index contributed by atoms with van der Waals surface area (Å²) in [5, 5.41) is 4.82. The maximum absolute atomic E-state index is 15.7. The molecule has 7 rings (SSSR count). The molecule has 2 saturated heterocycles. The lowest BCUT2D eigenvalue weighted by atomic mass is 9.92. The van der Waals surface area contributed by atoms with Gasteiger partial charge in [0.25, 0.3) is 0 Å². The number of piperidine rings is 2. The third-order valence-corrected chi connectivity index (χ3v) is 9.82. The van der Waals surface area contributed by atoms with Crippen LogP contribution in [-0.4, -0.2) is 45.0 Å². The van der Waals surface area contributed by atoms with Crippen molar-refractivity contribution in [2.45, 2.75) is 57.3 Å². The number of fused-ring (bicyclic) bond motifs is 2.